The van der Waals surface area contributed by atoms with Gasteiger partial charge in [-0.1, -0.05) is 24.3 Å². The molecule has 3 nitrogen and oxygen atoms in total. The molecule has 15 heavy (non-hydrogen) atoms. The number of carbonyl (C=O) groups is 1. The van der Waals surface area contributed by atoms with Crippen LogP contribution in [0.2, 0.25) is 0 Å². The first kappa shape index (κ1) is 11.7. The first-order chi connectivity index (χ1) is 6.91. The Labute approximate surface area is 89.4 Å². The molecule has 0 aliphatic rings. The van der Waals surface area contributed by atoms with Crippen LogP contribution in [0.25, 0.3) is 6.08 Å². The van der Waals surface area contributed by atoms with Crippen molar-refractivity contribution in [1.29, 1.82) is 0 Å². The van der Waals surface area contributed by atoms with Gasteiger partial charge in [-0.25, -0.2) is 0 Å². The summed E-state index contributed by atoms with van der Waals surface area (Å²) in [6.07, 6.45) is 2.87. The van der Waals surface area contributed by atoms with E-state index in [0.29, 0.717) is 0 Å². The first-order valence-corrected chi connectivity index (χ1v) is 7.13. The maximum absolute atomic E-state index is 11.9. The van der Waals surface area contributed by atoms with Gasteiger partial charge >= 0.3 is 0 Å². The molecule has 0 spiro atoms. The summed E-state index contributed by atoms with van der Waals surface area (Å²) in [4.78, 5) is 10.6. The summed E-state index contributed by atoms with van der Waals surface area (Å²) in [5.41, 5.74) is 5.79. The number of benzene rings is 1. The van der Waals surface area contributed by atoms with E-state index in [1.807, 2.05) is 18.2 Å². The molecule has 0 bridgehead atoms. The zero-order valence-electron chi connectivity index (χ0n) is 8.81. The predicted octanol–water partition coefficient (Wildman–Crippen LogP) is 1.43. The van der Waals surface area contributed by atoms with E-state index >= 15 is 0 Å². The Hall–Kier alpha value is -1.34. The van der Waals surface area contributed by atoms with Crippen molar-refractivity contribution >= 4 is 24.4 Å². The minimum Gasteiger partial charge on any atom is -0.366 e. The molecule has 0 atom stereocenters. The maximum atomic E-state index is 11.9. The van der Waals surface area contributed by atoms with E-state index in [2.05, 4.69) is 0 Å². The third-order valence-electron chi connectivity index (χ3n) is 1.94. The standard InChI is InChI=1S/C11H14NO2P/c1-15(2,14)10-6-4-3-5-9(10)7-8-11(12)13/h3-8H,1-2H3,(H2,12,13)/b8-7+. The average Bonchev–Trinajstić information content (AvgIpc) is 2.13. The van der Waals surface area contributed by atoms with Crippen molar-refractivity contribution in [3.05, 3.63) is 35.9 Å². The van der Waals surface area contributed by atoms with E-state index < -0.39 is 13.0 Å². The average molecular weight is 223 g/mol. The van der Waals surface area contributed by atoms with E-state index in [0.717, 1.165) is 10.9 Å². The van der Waals surface area contributed by atoms with Gasteiger partial charge < -0.3 is 10.3 Å². The second-order valence-corrected chi connectivity index (χ2v) is 6.83. The van der Waals surface area contributed by atoms with Gasteiger partial charge in [-0.3, -0.25) is 4.79 Å². The smallest absolute Gasteiger partial charge is 0.241 e. The summed E-state index contributed by atoms with van der Waals surface area (Å²) < 4.78 is 11.9. The molecule has 0 saturated heterocycles. The zero-order valence-corrected chi connectivity index (χ0v) is 9.70. The van der Waals surface area contributed by atoms with Crippen LogP contribution in [-0.4, -0.2) is 19.2 Å². The normalized spacial score (nSPS) is 11.9. The van der Waals surface area contributed by atoms with Crippen LogP contribution in [0, 0.1) is 0 Å². The lowest BCUT2D eigenvalue weighted by Crippen LogP contribution is -2.09. The second-order valence-electron chi connectivity index (χ2n) is 3.65. The Bertz CT molecular complexity index is 446. The van der Waals surface area contributed by atoms with Crippen LogP contribution in [0.4, 0.5) is 0 Å². The number of amides is 1. The van der Waals surface area contributed by atoms with Crippen LogP contribution < -0.4 is 11.0 Å². The summed E-state index contributed by atoms with van der Waals surface area (Å²) in [7, 11) is -2.32. The fraction of sp³-hybridized carbons (Fsp3) is 0.182. The van der Waals surface area contributed by atoms with Crippen molar-refractivity contribution in [2.75, 3.05) is 13.3 Å². The summed E-state index contributed by atoms with van der Waals surface area (Å²) in [5, 5.41) is 0.766. The van der Waals surface area contributed by atoms with Gasteiger partial charge in [-0.2, -0.15) is 0 Å². The molecular formula is C11H14NO2P. The topological polar surface area (TPSA) is 60.2 Å². The second kappa shape index (κ2) is 4.45. The lowest BCUT2D eigenvalue weighted by atomic mass is 10.2. The summed E-state index contributed by atoms with van der Waals surface area (Å²) in [6, 6.07) is 7.28. The van der Waals surface area contributed by atoms with Gasteiger partial charge in [0.1, 0.15) is 7.14 Å². The molecule has 1 amide bonds. The van der Waals surface area contributed by atoms with E-state index in [9.17, 15) is 9.36 Å². The summed E-state index contributed by atoms with van der Waals surface area (Å²) in [5.74, 6) is -0.508. The molecule has 1 aromatic rings. The van der Waals surface area contributed by atoms with Gasteiger partial charge in [0.05, 0.1) is 0 Å². The van der Waals surface area contributed by atoms with Crippen molar-refractivity contribution in [3.63, 3.8) is 0 Å². The molecule has 4 heteroatoms. The van der Waals surface area contributed by atoms with Crippen molar-refractivity contribution in [2.45, 2.75) is 0 Å². The molecule has 0 fully saturated rings. The first-order valence-electron chi connectivity index (χ1n) is 4.53. The molecule has 0 aliphatic heterocycles. The Morgan fingerprint density at radius 1 is 1.33 bits per heavy atom. The molecule has 1 rings (SSSR count). The molecule has 0 aliphatic carbocycles. The van der Waals surface area contributed by atoms with Crippen molar-refractivity contribution in [2.24, 2.45) is 5.73 Å². The van der Waals surface area contributed by atoms with Gasteiger partial charge in [0.15, 0.2) is 0 Å². The Kier molecular flexibility index (Phi) is 3.48. The van der Waals surface area contributed by atoms with Gasteiger partial charge in [0.25, 0.3) is 0 Å². The highest BCUT2D eigenvalue weighted by molar-refractivity contribution is 7.70. The highest BCUT2D eigenvalue weighted by Crippen LogP contribution is 2.36. The molecule has 80 valence electrons. The van der Waals surface area contributed by atoms with Crippen molar-refractivity contribution in [1.82, 2.24) is 0 Å². The van der Waals surface area contributed by atoms with Crippen LogP contribution in [0.3, 0.4) is 0 Å². The zero-order chi connectivity index (χ0) is 11.5. The van der Waals surface area contributed by atoms with E-state index in [1.54, 1.807) is 25.5 Å². The lowest BCUT2D eigenvalue weighted by Gasteiger charge is -2.09. The molecular weight excluding hydrogens is 209 g/mol. The maximum Gasteiger partial charge on any atom is 0.241 e. The number of primary amides is 1. The number of nitrogens with two attached hydrogens (primary N) is 1. The predicted molar refractivity (Wildman–Crippen MR) is 63.8 cm³/mol. The molecule has 0 aromatic heterocycles. The minimum atomic E-state index is -2.32. The third-order valence-corrected chi connectivity index (χ3v) is 3.51. The SMILES string of the molecule is CP(C)(=O)c1ccccc1/C=C/C(N)=O. The van der Waals surface area contributed by atoms with E-state index in [-0.39, 0.29) is 0 Å². The highest BCUT2D eigenvalue weighted by Gasteiger charge is 2.13. The van der Waals surface area contributed by atoms with E-state index in [4.69, 9.17) is 5.73 Å². The van der Waals surface area contributed by atoms with E-state index in [1.165, 1.54) is 6.08 Å². The van der Waals surface area contributed by atoms with Crippen LogP contribution in [0.5, 0.6) is 0 Å². The van der Waals surface area contributed by atoms with Gasteiger partial charge in [-0.05, 0) is 25.0 Å². The summed E-state index contributed by atoms with van der Waals surface area (Å²) >= 11 is 0. The minimum absolute atomic E-state index is 0.508. The fourth-order valence-electron chi connectivity index (χ4n) is 1.29. The molecule has 0 radical (unpaired) electrons. The number of hydrogen-bond acceptors (Lipinski definition) is 2. The van der Waals surface area contributed by atoms with Crippen LogP contribution in [0.15, 0.2) is 30.3 Å². The Morgan fingerprint density at radius 3 is 2.47 bits per heavy atom. The quantitative estimate of drug-likeness (QED) is 0.622. The molecule has 2 N–H and O–H groups in total. The molecule has 0 heterocycles. The fourth-order valence-corrected chi connectivity index (χ4v) is 2.51. The number of rotatable bonds is 3. The van der Waals surface area contributed by atoms with Gasteiger partial charge in [0, 0.05) is 11.4 Å². The third kappa shape index (κ3) is 3.37. The monoisotopic (exact) mass is 223 g/mol. The lowest BCUT2D eigenvalue weighted by molar-refractivity contribution is -0.113. The number of hydrogen-bond donors (Lipinski definition) is 1. The Balaban J connectivity index is 3.19. The molecule has 0 unspecified atom stereocenters. The van der Waals surface area contributed by atoms with Crippen LogP contribution >= 0.6 is 7.14 Å². The van der Waals surface area contributed by atoms with Crippen molar-refractivity contribution in [3.8, 4) is 0 Å². The van der Waals surface area contributed by atoms with Crippen LogP contribution in [-0.2, 0) is 9.36 Å². The molecule has 0 saturated carbocycles. The molecule has 1 aromatic carbocycles. The Morgan fingerprint density at radius 2 is 1.93 bits per heavy atom. The van der Waals surface area contributed by atoms with Gasteiger partial charge in [-0.15, -0.1) is 0 Å². The number of carbonyl (C=O) groups excluding carboxylic acids is 1. The summed E-state index contributed by atoms with van der Waals surface area (Å²) in [6.45, 7) is 3.40. The highest BCUT2D eigenvalue weighted by atomic mass is 31.2. The largest absolute Gasteiger partial charge is 0.366 e. The van der Waals surface area contributed by atoms with Crippen molar-refractivity contribution < 1.29 is 9.36 Å². The van der Waals surface area contributed by atoms with Crippen LogP contribution in [0.1, 0.15) is 5.56 Å². The van der Waals surface area contributed by atoms with Gasteiger partial charge in [0.2, 0.25) is 5.91 Å².